The van der Waals surface area contributed by atoms with Gasteiger partial charge in [0.05, 0.1) is 19.7 Å². The summed E-state index contributed by atoms with van der Waals surface area (Å²) < 4.78 is 9.90. The van der Waals surface area contributed by atoms with Gasteiger partial charge >= 0.3 is 5.97 Å². The number of hydrogen-bond acceptors (Lipinski definition) is 4. The molecule has 4 heteroatoms. The van der Waals surface area contributed by atoms with E-state index in [0.717, 1.165) is 0 Å². The van der Waals surface area contributed by atoms with Gasteiger partial charge in [0.25, 0.3) is 0 Å². The Morgan fingerprint density at radius 2 is 2.38 bits per heavy atom. The maximum atomic E-state index is 11.2. The standard InChI is InChI=1S/C12H15NO3/c1-4-5-8-13-9(2)10-6-7-11(16-10)12(14)15-3/h6-7,9,13H,8H2,1-3H3. The predicted molar refractivity (Wildman–Crippen MR) is 59.9 cm³/mol. The van der Waals surface area contributed by atoms with Crippen LogP contribution in [-0.2, 0) is 4.74 Å². The second-order valence-electron chi connectivity index (χ2n) is 3.22. The maximum absolute atomic E-state index is 11.2. The summed E-state index contributed by atoms with van der Waals surface area (Å²) in [5.41, 5.74) is 0. The van der Waals surface area contributed by atoms with Crippen LogP contribution in [0.2, 0.25) is 0 Å². The molecule has 1 aromatic heterocycles. The lowest BCUT2D eigenvalue weighted by Crippen LogP contribution is -2.18. The number of rotatable bonds is 4. The number of esters is 1. The first-order chi connectivity index (χ1) is 7.69. The molecular formula is C12H15NO3. The summed E-state index contributed by atoms with van der Waals surface area (Å²) in [5, 5.41) is 3.15. The molecule has 0 fully saturated rings. The second-order valence-corrected chi connectivity index (χ2v) is 3.22. The van der Waals surface area contributed by atoms with Crippen molar-refractivity contribution in [3.8, 4) is 11.8 Å². The fraction of sp³-hybridized carbons (Fsp3) is 0.417. The number of furan rings is 1. The average Bonchev–Trinajstić information content (AvgIpc) is 2.77. The molecule has 0 aliphatic carbocycles. The van der Waals surface area contributed by atoms with Gasteiger partial charge in [0.15, 0.2) is 0 Å². The van der Waals surface area contributed by atoms with Crippen molar-refractivity contribution in [2.45, 2.75) is 19.9 Å². The molecule has 0 amide bonds. The van der Waals surface area contributed by atoms with Crippen molar-refractivity contribution in [2.24, 2.45) is 0 Å². The quantitative estimate of drug-likeness (QED) is 0.621. The molecule has 1 heterocycles. The highest BCUT2D eigenvalue weighted by molar-refractivity contribution is 5.86. The van der Waals surface area contributed by atoms with Crippen LogP contribution in [0, 0.1) is 11.8 Å². The third-order valence-corrected chi connectivity index (χ3v) is 2.11. The van der Waals surface area contributed by atoms with Crippen molar-refractivity contribution >= 4 is 5.97 Å². The van der Waals surface area contributed by atoms with E-state index in [9.17, 15) is 4.79 Å². The van der Waals surface area contributed by atoms with Crippen molar-refractivity contribution in [3.05, 3.63) is 23.7 Å². The lowest BCUT2D eigenvalue weighted by Gasteiger charge is -2.07. The fourth-order valence-corrected chi connectivity index (χ4v) is 1.19. The van der Waals surface area contributed by atoms with E-state index in [1.165, 1.54) is 7.11 Å². The minimum absolute atomic E-state index is 0.0132. The van der Waals surface area contributed by atoms with Crippen LogP contribution < -0.4 is 5.32 Å². The molecule has 1 N–H and O–H groups in total. The number of ether oxygens (including phenoxy) is 1. The van der Waals surface area contributed by atoms with Crippen LogP contribution in [0.1, 0.15) is 36.2 Å². The Bertz CT molecular complexity index is 411. The molecule has 86 valence electrons. The lowest BCUT2D eigenvalue weighted by atomic mass is 10.2. The highest BCUT2D eigenvalue weighted by Gasteiger charge is 2.14. The Balaban J connectivity index is 2.61. The first-order valence-electron chi connectivity index (χ1n) is 5.00. The molecule has 1 unspecified atom stereocenters. The van der Waals surface area contributed by atoms with Gasteiger partial charge in [-0.25, -0.2) is 4.79 Å². The molecule has 0 aliphatic heterocycles. The Labute approximate surface area is 95.0 Å². The van der Waals surface area contributed by atoms with Crippen LogP contribution in [0.4, 0.5) is 0 Å². The van der Waals surface area contributed by atoms with Gasteiger partial charge in [0, 0.05) is 0 Å². The summed E-state index contributed by atoms with van der Waals surface area (Å²) >= 11 is 0. The molecule has 0 saturated heterocycles. The molecule has 0 spiro atoms. The van der Waals surface area contributed by atoms with Crippen molar-refractivity contribution in [2.75, 3.05) is 13.7 Å². The normalized spacial score (nSPS) is 11.4. The van der Waals surface area contributed by atoms with Crippen LogP contribution in [0.5, 0.6) is 0 Å². The number of methoxy groups -OCH3 is 1. The summed E-state index contributed by atoms with van der Waals surface area (Å²) in [6.45, 7) is 4.32. The lowest BCUT2D eigenvalue weighted by molar-refractivity contribution is 0.0562. The van der Waals surface area contributed by atoms with Crippen LogP contribution in [-0.4, -0.2) is 19.6 Å². The number of carbonyl (C=O) groups is 1. The van der Waals surface area contributed by atoms with Gasteiger partial charge in [-0.1, -0.05) is 5.92 Å². The molecule has 0 radical (unpaired) electrons. The second kappa shape index (κ2) is 5.99. The van der Waals surface area contributed by atoms with E-state index in [1.807, 2.05) is 6.92 Å². The summed E-state index contributed by atoms with van der Waals surface area (Å²) in [6, 6.07) is 3.37. The van der Waals surface area contributed by atoms with Crippen molar-refractivity contribution in [1.82, 2.24) is 5.32 Å². The Morgan fingerprint density at radius 1 is 1.62 bits per heavy atom. The van der Waals surface area contributed by atoms with Crippen molar-refractivity contribution in [3.63, 3.8) is 0 Å². The fourth-order valence-electron chi connectivity index (χ4n) is 1.19. The first kappa shape index (κ1) is 12.3. The number of carbonyl (C=O) groups excluding carboxylic acids is 1. The Hall–Kier alpha value is -1.73. The van der Waals surface area contributed by atoms with E-state index >= 15 is 0 Å². The van der Waals surface area contributed by atoms with E-state index in [1.54, 1.807) is 19.1 Å². The molecule has 16 heavy (non-hydrogen) atoms. The van der Waals surface area contributed by atoms with Crippen molar-refractivity contribution < 1.29 is 13.9 Å². The Morgan fingerprint density at radius 3 is 3.00 bits per heavy atom. The van der Waals surface area contributed by atoms with Gasteiger partial charge in [-0.05, 0) is 26.0 Å². The molecule has 1 rings (SSSR count). The highest BCUT2D eigenvalue weighted by Crippen LogP contribution is 2.16. The monoisotopic (exact) mass is 221 g/mol. The molecule has 0 bridgehead atoms. The smallest absolute Gasteiger partial charge is 0.373 e. The molecule has 0 aromatic carbocycles. The maximum Gasteiger partial charge on any atom is 0.373 e. The molecule has 1 atom stereocenters. The van der Waals surface area contributed by atoms with E-state index in [-0.39, 0.29) is 11.8 Å². The summed E-state index contributed by atoms with van der Waals surface area (Å²) in [6.07, 6.45) is 0. The zero-order valence-corrected chi connectivity index (χ0v) is 9.66. The summed E-state index contributed by atoms with van der Waals surface area (Å²) in [4.78, 5) is 11.2. The number of hydrogen-bond donors (Lipinski definition) is 1. The van der Waals surface area contributed by atoms with E-state index in [0.29, 0.717) is 12.3 Å². The Kier molecular flexibility index (Phi) is 4.62. The minimum atomic E-state index is -0.466. The highest BCUT2D eigenvalue weighted by atomic mass is 16.5. The van der Waals surface area contributed by atoms with Crippen molar-refractivity contribution in [1.29, 1.82) is 0 Å². The van der Waals surface area contributed by atoms with Crippen LogP contribution in [0.15, 0.2) is 16.5 Å². The van der Waals surface area contributed by atoms with Crippen LogP contribution in [0.3, 0.4) is 0 Å². The topological polar surface area (TPSA) is 51.5 Å². The average molecular weight is 221 g/mol. The zero-order chi connectivity index (χ0) is 12.0. The predicted octanol–water partition coefficient (Wildman–Crippen LogP) is 1.74. The van der Waals surface area contributed by atoms with Crippen LogP contribution in [0.25, 0.3) is 0 Å². The van der Waals surface area contributed by atoms with Crippen LogP contribution >= 0.6 is 0 Å². The molecule has 4 nitrogen and oxygen atoms in total. The van der Waals surface area contributed by atoms with E-state index in [4.69, 9.17) is 4.42 Å². The van der Waals surface area contributed by atoms with Gasteiger partial charge < -0.3 is 9.15 Å². The molecule has 1 aromatic rings. The summed E-state index contributed by atoms with van der Waals surface area (Å²) in [5.74, 6) is 6.13. The van der Waals surface area contributed by atoms with Gasteiger partial charge in [-0.3, -0.25) is 5.32 Å². The molecule has 0 saturated carbocycles. The van der Waals surface area contributed by atoms with Gasteiger partial charge in [-0.2, -0.15) is 0 Å². The minimum Gasteiger partial charge on any atom is -0.463 e. The van der Waals surface area contributed by atoms with Gasteiger partial charge in [-0.15, -0.1) is 5.92 Å². The SMILES string of the molecule is CC#CCNC(C)c1ccc(C(=O)OC)o1. The van der Waals surface area contributed by atoms with E-state index in [2.05, 4.69) is 21.9 Å². The number of nitrogens with one attached hydrogen (secondary N) is 1. The third kappa shape index (κ3) is 3.14. The van der Waals surface area contributed by atoms with Gasteiger partial charge in [0.2, 0.25) is 5.76 Å². The largest absolute Gasteiger partial charge is 0.463 e. The first-order valence-corrected chi connectivity index (χ1v) is 5.00. The molecular weight excluding hydrogens is 206 g/mol. The van der Waals surface area contributed by atoms with Gasteiger partial charge in [0.1, 0.15) is 5.76 Å². The third-order valence-electron chi connectivity index (χ3n) is 2.11. The van der Waals surface area contributed by atoms with E-state index < -0.39 is 5.97 Å². The molecule has 0 aliphatic rings. The summed E-state index contributed by atoms with van der Waals surface area (Å²) in [7, 11) is 1.32. The zero-order valence-electron chi connectivity index (χ0n) is 9.66.